The van der Waals surface area contributed by atoms with Gasteiger partial charge in [-0.05, 0) is 28.9 Å². The Labute approximate surface area is 135 Å². The van der Waals surface area contributed by atoms with Crippen molar-refractivity contribution in [3.63, 3.8) is 0 Å². The van der Waals surface area contributed by atoms with Gasteiger partial charge in [-0.2, -0.15) is 0 Å². The van der Waals surface area contributed by atoms with Gasteiger partial charge in [0.2, 0.25) is 0 Å². The second-order valence-electron chi connectivity index (χ2n) is 7.47. The summed E-state index contributed by atoms with van der Waals surface area (Å²) in [6, 6.07) is 21.6. The monoisotopic (exact) mass is 310 g/mol. The number of rotatable bonds is 5. The fourth-order valence-electron chi connectivity index (χ4n) is 4.08. The van der Waals surface area contributed by atoms with Gasteiger partial charge in [-0.25, -0.2) is 0 Å². The van der Waals surface area contributed by atoms with Crippen molar-refractivity contribution in [1.29, 1.82) is 0 Å². The van der Waals surface area contributed by atoms with Gasteiger partial charge in [-0.1, -0.05) is 85.9 Å². The number of hydrogen-bond donors (Lipinski definition) is 1. The fraction of sp³-hybridized carbons (Fsp3) is 0.400. The number of aliphatic hydroxyl groups excluding tert-OH is 1. The molecule has 2 aromatic rings. The minimum Gasteiger partial charge on any atom is -0.396 e. The van der Waals surface area contributed by atoms with Crippen molar-refractivity contribution < 1.29 is 5.11 Å². The second kappa shape index (κ2) is 5.67. The molecule has 1 fully saturated rings. The highest BCUT2D eigenvalue weighted by Crippen LogP contribution is 2.61. The minimum absolute atomic E-state index is 0.244. The van der Waals surface area contributed by atoms with Crippen LogP contribution in [0.4, 0.5) is 0 Å². The Morgan fingerprint density at radius 1 is 1.05 bits per heavy atom. The lowest BCUT2D eigenvalue weighted by atomic mass is 9.94. The molecule has 0 spiro atoms. The van der Waals surface area contributed by atoms with Crippen molar-refractivity contribution in [2.45, 2.75) is 37.4 Å². The summed E-state index contributed by atoms with van der Waals surface area (Å²) in [5, 5.41) is 11.6. The van der Waals surface area contributed by atoms with E-state index in [1.54, 1.807) is 0 Å². The summed E-state index contributed by atoms with van der Waals surface area (Å²) in [4.78, 5) is 0. The molecule has 0 radical (unpaired) electrons. The van der Waals surface area contributed by atoms with Gasteiger partial charge in [0.05, 0.1) is 8.07 Å². The van der Waals surface area contributed by atoms with Gasteiger partial charge in [-0.3, -0.25) is 0 Å². The van der Waals surface area contributed by atoms with Crippen molar-refractivity contribution in [2.75, 3.05) is 6.61 Å². The van der Waals surface area contributed by atoms with E-state index in [4.69, 9.17) is 0 Å². The molecule has 1 N–H and O–H groups in total. The van der Waals surface area contributed by atoms with Crippen LogP contribution in [0.25, 0.3) is 0 Å². The number of hydrogen-bond acceptors (Lipinski definition) is 1. The molecule has 0 amide bonds. The molecule has 1 saturated carbocycles. The van der Waals surface area contributed by atoms with E-state index >= 15 is 0 Å². The molecule has 0 saturated heterocycles. The average Bonchev–Trinajstić information content (AvgIpc) is 3.22. The first-order valence-corrected chi connectivity index (χ1v) is 11.3. The fourth-order valence-corrected chi connectivity index (χ4v) is 7.50. The lowest BCUT2D eigenvalue weighted by Crippen LogP contribution is -2.48. The lowest BCUT2D eigenvalue weighted by Gasteiger charge is -2.33. The van der Waals surface area contributed by atoms with Crippen LogP contribution in [0.1, 0.15) is 18.9 Å². The van der Waals surface area contributed by atoms with Crippen molar-refractivity contribution in [2.24, 2.45) is 5.92 Å². The van der Waals surface area contributed by atoms with Gasteiger partial charge in [0, 0.05) is 6.61 Å². The Bertz CT molecular complexity index is 623. The quantitative estimate of drug-likeness (QED) is 0.829. The van der Waals surface area contributed by atoms with Gasteiger partial charge in [0.15, 0.2) is 0 Å². The summed E-state index contributed by atoms with van der Waals surface area (Å²) >= 11 is 0. The predicted octanol–water partition coefficient (Wildman–Crippen LogP) is 3.94. The zero-order chi connectivity index (χ0) is 15.8. The molecule has 2 aromatic carbocycles. The summed E-state index contributed by atoms with van der Waals surface area (Å²) in [6.45, 7) is 7.49. The first kappa shape index (κ1) is 15.5. The summed E-state index contributed by atoms with van der Waals surface area (Å²) in [6.07, 6.45) is 1.20. The normalized spacial score (nSPS) is 25.7. The smallest absolute Gasteiger partial charge is 0.0862 e. The van der Waals surface area contributed by atoms with Crippen molar-refractivity contribution in [1.82, 2.24) is 0 Å². The van der Waals surface area contributed by atoms with Crippen LogP contribution < -0.4 is 5.19 Å². The maximum absolute atomic E-state index is 10.1. The molecule has 3 rings (SSSR count). The van der Waals surface area contributed by atoms with Crippen LogP contribution in [0.2, 0.25) is 18.6 Å². The Hall–Kier alpha value is -1.38. The molecule has 0 aliphatic heterocycles. The Balaban J connectivity index is 1.88. The molecule has 22 heavy (non-hydrogen) atoms. The zero-order valence-electron chi connectivity index (χ0n) is 13.8. The molecular weight excluding hydrogens is 284 g/mol. The van der Waals surface area contributed by atoms with E-state index in [0.29, 0.717) is 18.1 Å². The van der Waals surface area contributed by atoms with Crippen LogP contribution in [0.15, 0.2) is 60.7 Å². The third-order valence-electron chi connectivity index (χ3n) is 5.86. The summed E-state index contributed by atoms with van der Waals surface area (Å²) in [5.74, 6) is 0.599. The molecule has 0 bridgehead atoms. The molecule has 0 aromatic heterocycles. The molecule has 1 nitrogen and oxygen atoms in total. The van der Waals surface area contributed by atoms with E-state index in [1.165, 1.54) is 17.2 Å². The van der Waals surface area contributed by atoms with Crippen LogP contribution in [-0.2, 0) is 5.41 Å². The van der Waals surface area contributed by atoms with Crippen LogP contribution >= 0.6 is 0 Å². The first-order valence-electron chi connectivity index (χ1n) is 8.22. The highest BCUT2D eigenvalue weighted by molar-refractivity contribution is 6.91. The molecule has 1 unspecified atom stereocenters. The topological polar surface area (TPSA) is 20.2 Å². The molecule has 1 aliphatic rings. The van der Waals surface area contributed by atoms with Crippen molar-refractivity contribution in [3.8, 4) is 0 Å². The van der Waals surface area contributed by atoms with Crippen LogP contribution in [0.3, 0.4) is 0 Å². The summed E-state index contributed by atoms with van der Waals surface area (Å²) in [7, 11) is -1.68. The summed E-state index contributed by atoms with van der Waals surface area (Å²) in [5.41, 5.74) is 2.09. The third-order valence-corrected chi connectivity index (χ3v) is 10.1. The van der Waals surface area contributed by atoms with E-state index in [2.05, 4.69) is 80.7 Å². The van der Waals surface area contributed by atoms with E-state index < -0.39 is 8.07 Å². The molecule has 0 heterocycles. The Morgan fingerprint density at radius 3 is 2.14 bits per heavy atom. The van der Waals surface area contributed by atoms with Crippen LogP contribution in [0, 0.1) is 5.92 Å². The van der Waals surface area contributed by atoms with Gasteiger partial charge in [-0.15, -0.1) is 0 Å². The lowest BCUT2D eigenvalue weighted by molar-refractivity contribution is 0.272. The minimum atomic E-state index is -1.68. The van der Waals surface area contributed by atoms with Crippen LogP contribution in [-0.4, -0.2) is 19.8 Å². The summed E-state index contributed by atoms with van der Waals surface area (Å²) < 4.78 is 0. The highest BCUT2D eigenvalue weighted by Gasteiger charge is 2.58. The van der Waals surface area contributed by atoms with Gasteiger partial charge >= 0.3 is 0 Å². The molecule has 3 atom stereocenters. The number of benzene rings is 2. The van der Waals surface area contributed by atoms with Crippen LogP contribution in [0.5, 0.6) is 0 Å². The highest BCUT2D eigenvalue weighted by atomic mass is 28.3. The molecule has 116 valence electrons. The molecular formula is C20H26OSi. The van der Waals surface area contributed by atoms with Gasteiger partial charge < -0.3 is 5.11 Å². The number of aliphatic hydroxyl groups is 1. The van der Waals surface area contributed by atoms with E-state index in [0.717, 1.165) is 0 Å². The zero-order valence-corrected chi connectivity index (χ0v) is 14.8. The SMILES string of the molecule is C[C@]1(c2ccccc2)C[C@@H]1C(CO)[Si](C)(C)c1ccccc1. The van der Waals surface area contributed by atoms with E-state index in [-0.39, 0.29) is 5.41 Å². The van der Waals surface area contributed by atoms with Crippen molar-refractivity contribution in [3.05, 3.63) is 66.2 Å². The second-order valence-corrected chi connectivity index (χ2v) is 12.2. The van der Waals surface area contributed by atoms with E-state index in [1.807, 2.05) is 0 Å². The average molecular weight is 311 g/mol. The van der Waals surface area contributed by atoms with Gasteiger partial charge in [0.1, 0.15) is 0 Å². The largest absolute Gasteiger partial charge is 0.396 e. The third kappa shape index (κ3) is 2.55. The van der Waals surface area contributed by atoms with Gasteiger partial charge in [0.25, 0.3) is 0 Å². The standard InChI is InChI=1S/C20H26OSi/c1-20(16-10-6-4-7-11-16)14-18(20)19(15-21)22(2,3)17-12-8-5-9-13-17/h4-13,18-19,21H,14-15H2,1-3H3/t18-,19?,20-/m1/s1. The first-order chi connectivity index (χ1) is 10.5. The molecule has 1 aliphatic carbocycles. The maximum Gasteiger partial charge on any atom is 0.0862 e. The predicted molar refractivity (Wildman–Crippen MR) is 96.3 cm³/mol. The van der Waals surface area contributed by atoms with Crippen molar-refractivity contribution >= 4 is 13.3 Å². The van der Waals surface area contributed by atoms with E-state index in [9.17, 15) is 5.11 Å². The maximum atomic E-state index is 10.1. The molecule has 2 heteroatoms. The Morgan fingerprint density at radius 2 is 1.59 bits per heavy atom. The Kier molecular flexibility index (Phi) is 4.00.